The maximum atomic E-state index is 3.70. The largest absolute Gasteiger partial charge is 0.374 e. The lowest BCUT2D eigenvalue weighted by Gasteiger charge is -2.20. The molecule has 1 aromatic carbocycles. The number of hydrogen-bond acceptors (Lipinski definition) is 2. The van der Waals surface area contributed by atoms with E-state index in [9.17, 15) is 0 Å². The number of hydrogen-bond donors (Lipinski definition) is 1. The molecule has 0 saturated heterocycles. The van der Waals surface area contributed by atoms with E-state index in [4.69, 9.17) is 0 Å². The minimum Gasteiger partial charge on any atom is -0.374 e. The second-order valence-corrected chi connectivity index (χ2v) is 6.61. The van der Waals surface area contributed by atoms with Crippen LogP contribution in [-0.2, 0) is 6.54 Å². The summed E-state index contributed by atoms with van der Waals surface area (Å²) < 4.78 is 1.23. The van der Waals surface area contributed by atoms with Crippen molar-refractivity contribution in [1.29, 1.82) is 0 Å². The number of anilines is 1. The Bertz CT molecular complexity index is 425. The van der Waals surface area contributed by atoms with Crippen LogP contribution in [0, 0.1) is 5.92 Å². The minimum atomic E-state index is 0.772. The standard InChI is InChI=1S/C15H21BrN2/c1-18(10-11-2-3-11)14-7-4-12(15(16)8-14)9-17-13-5-6-13/h4,7-8,11,13,17H,2-3,5-6,9-10H2,1H3. The summed E-state index contributed by atoms with van der Waals surface area (Å²) in [6.45, 7) is 2.18. The molecule has 1 N–H and O–H groups in total. The highest BCUT2D eigenvalue weighted by Gasteiger charge is 2.23. The van der Waals surface area contributed by atoms with E-state index < -0.39 is 0 Å². The number of benzene rings is 1. The number of nitrogens with zero attached hydrogens (tertiary/aromatic N) is 1. The van der Waals surface area contributed by atoms with Crippen molar-refractivity contribution in [1.82, 2.24) is 5.32 Å². The molecule has 2 aliphatic carbocycles. The molecule has 0 unspecified atom stereocenters. The molecule has 0 radical (unpaired) electrons. The van der Waals surface area contributed by atoms with Gasteiger partial charge in [-0.05, 0) is 49.3 Å². The Balaban J connectivity index is 1.62. The fourth-order valence-electron chi connectivity index (χ4n) is 2.25. The van der Waals surface area contributed by atoms with Gasteiger partial charge in [0.1, 0.15) is 0 Å². The zero-order chi connectivity index (χ0) is 12.5. The van der Waals surface area contributed by atoms with Crippen LogP contribution in [-0.4, -0.2) is 19.6 Å². The first-order valence-electron chi connectivity index (χ1n) is 6.95. The molecule has 0 amide bonds. The van der Waals surface area contributed by atoms with Gasteiger partial charge in [-0.15, -0.1) is 0 Å². The van der Waals surface area contributed by atoms with E-state index >= 15 is 0 Å². The predicted octanol–water partition coefficient (Wildman–Crippen LogP) is 3.55. The molecule has 0 aromatic heterocycles. The van der Waals surface area contributed by atoms with Crippen LogP contribution in [0.15, 0.2) is 22.7 Å². The lowest BCUT2D eigenvalue weighted by atomic mass is 10.2. The third kappa shape index (κ3) is 3.27. The fraction of sp³-hybridized carbons (Fsp3) is 0.600. The van der Waals surface area contributed by atoms with Crippen molar-refractivity contribution in [3.8, 4) is 0 Å². The van der Waals surface area contributed by atoms with E-state index in [0.29, 0.717) is 0 Å². The SMILES string of the molecule is CN(CC1CC1)c1ccc(CNC2CC2)c(Br)c1. The van der Waals surface area contributed by atoms with Gasteiger partial charge in [-0.2, -0.15) is 0 Å². The Morgan fingerprint density at radius 2 is 2.06 bits per heavy atom. The molecular formula is C15H21BrN2. The van der Waals surface area contributed by atoms with E-state index in [2.05, 4.69) is 51.4 Å². The van der Waals surface area contributed by atoms with Crippen LogP contribution >= 0.6 is 15.9 Å². The summed E-state index contributed by atoms with van der Waals surface area (Å²) in [5.74, 6) is 0.935. The van der Waals surface area contributed by atoms with Crippen LogP contribution in [0.3, 0.4) is 0 Å². The highest BCUT2D eigenvalue weighted by Crippen LogP contribution is 2.32. The first-order valence-corrected chi connectivity index (χ1v) is 7.74. The molecule has 18 heavy (non-hydrogen) atoms. The van der Waals surface area contributed by atoms with Crippen molar-refractivity contribution in [2.75, 3.05) is 18.5 Å². The van der Waals surface area contributed by atoms with Gasteiger partial charge in [-0.3, -0.25) is 0 Å². The van der Waals surface area contributed by atoms with Crippen LogP contribution < -0.4 is 10.2 Å². The van der Waals surface area contributed by atoms with Gasteiger partial charge < -0.3 is 10.2 Å². The second-order valence-electron chi connectivity index (χ2n) is 5.75. The molecule has 98 valence electrons. The average Bonchev–Trinajstić information content (AvgIpc) is 3.22. The Kier molecular flexibility index (Phi) is 3.62. The first-order chi connectivity index (χ1) is 8.72. The van der Waals surface area contributed by atoms with Crippen molar-refractivity contribution in [3.05, 3.63) is 28.2 Å². The molecule has 2 nitrogen and oxygen atoms in total. The Morgan fingerprint density at radius 3 is 2.67 bits per heavy atom. The highest BCUT2D eigenvalue weighted by atomic mass is 79.9. The molecule has 2 saturated carbocycles. The van der Waals surface area contributed by atoms with Gasteiger partial charge in [0, 0.05) is 36.3 Å². The molecule has 0 atom stereocenters. The van der Waals surface area contributed by atoms with Gasteiger partial charge in [-0.1, -0.05) is 22.0 Å². The van der Waals surface area contributed by atoms with Crippen molar-refractivity contribution < 1.29 is 0 Å². The highest BCUT2D eigenvalue weighted by molar-refractivity contribution is 9.10. The maximum Gasteiger partial charge on any atom is 0.0375 e. The normalized spacial score (nSPS) is 19.0. The molecule has 2 fully saturated rings. The zero-order valence-electron chi connectivity index (χ0n) is 11.0. The molecular weight excluding hydrogens is 288 g/mol. The third-order valence-corrected chi connectivity index (χ3v) is 4.60. The molecule has 3 heteroatoms. The molecule has 3 rings (SSSR count). The second kappa shape index (κ2) is 5.22. The molecule has 1 aromatic rings. The number of rotatable bonds is 6. The Labute approximate surface area is 118 Å². The van der Waals surface area contributed by atoms with Crippen LogP contribution in [0.5, 0.6) is 0 Å². The summed E-state index contributed by atoms with van der Waals surface area (Å²) in [4.78, 5) is 2.38. The van der Waals surface area contributed by atoms with Crippen LogP contribution in [0.2, 0.25) is 0 Å². The van der Waals surface area contributed by atoms with Gasteiger partial charge in [0.15, 0.2) is 0 Å². The topological polar surface area (TPSA) is 15.3 Å². The van der Waals surface area contributed by atoms with Crippen LogP contribution in [0.4, 0.5) is 5.69 Å². The van der Waals surface area contributed by atoms with Gasteiger partial charge in [0.05, 0.1) is 0 Å². The number of nitrogens with one attached hydrogen (secondary N) is 1. The maximum absolute atomic E-state index is 3.70. The van der Waals surface area contributed by atoms with Crippen molar-refractivity contribution >= 4 is 21.6 Å². The van der Waals surface area contributed by atoms with E-state index in [1.165, 1.54) is 48.0 Å². The molecule has 0 bridgehead atoms. The summed E-state index contributed by atoms with van der Waals surface area (Å²) in [5, 5.41) is 3.56. The van der Waals surface area contributed by atoms with E-state index in [-0.39, 0.29) is 0 Å². The molecule has 0 aliphatic heterocycles. The molecule has 0 spiro atoms. The van der Waals surface area contributed by atoms with Crippen LogP contribution in [0.25, 0.3) is 0 Å². The smallest absolute Gasteiger partial charge is 0.0375 e. The minimum absolute atomic E-state index is 0.772. The van der Waals surface area contributed by atoms with Gasteiger partial charge >= 0.3 is 0 Å². The first kappa shape index (κ1) is 12.5. The van der Waals surface area contributed by atoms with Crippen molar-refractivity contribution in [3.63, 3.8) is 0 Å². The van der Waals surface area contributed by atoms with E-state index in [0.717, 1.165) is 18.5 Å². The van der Waals surface area contributed by atoms with Crippen molar-refractivity contribution in [2.45, 2.75) is 38.3 Å². The summed E-state index contributed by atoms with van der Waals surface area (Å²) in [5.41, 5.74) is 2.69. The number of halogens is 1. The van der Waals surface area contributed by atoms with Crippen molar-refractivity contribution in [2.24, 2.45) is 5.92 Å². The lowest BCUT2D eigenvalue weighted by molar-refractivity contribution is 0.686. The molecule has 2 aliphatic rings. The quantitative estimate of drug-likeness (QED) is 0.864. The van der Waals surface area contributed by atoms with Gasteiger partial charge in [0.2, 0.25) is 0 Å². The van der Waals surface area contributed by atoms with Crippen LogP contribution in [0.1, 0.15) is 31.2 Å². The summed E-state index contributed by atoms with van der Waals surface area (Å²) in [6.07, 6.45) is 5.52. The molecule has 0 heterocycles. The van der Waals surface area contributed by atoms with E-state index in [1.807, 2.05) is 0 Å². The summed E-state index contributed by atoms with van der Waals surface area (Å²) in [6, 6.07) is 7.52. The lowest BCUT2D eigenvalue weighted by Crippen LogP contribution is -2.20. The Morgan fingerprint density at radius 1 is 1.28 bits per heavy atom. The average molecular weight is 309 g/mol. The zero-order valence-corrected chi connectivity index (χ0v) is 12.5. The third-order valence-electron chi connectivity index (χ3n) is 3.86. The predicted molar refractivity (Wildman–Crippen MR) is 80.0 cm³/mol. The summed E-state index contributed by atoms with van der Waals surface area (Å²) in [7, 11) is 2.20. The van der Waals surface area contributed by atoms with Gasteiger partial charge in [0.25, 0.3) is 0 Å². The van der Waals surface area contributed by atoms with Gasteiger partial charge in [-0.25, -0.2) is 0 Å². The summed E-state index contributed by atoms with van der Waals surface area (Å²) >= 11 is 3.70. The Hall–Kier alpha value is -0.540. The monoisotopic (exact) mass is 308 g/mol. The fourth-order valence-corrected chi connectivity index (χ4v) is 2.76. The van der Waals surface area contributed by atoms with E-state index in [1.54, 1.807) is 0 Å².